The maximum absolute atomic E-state index is 11.3. The van der Waals surface area contributed by atoms with E-state index in [2.05, 4.69) is 5.10 Å². The Morgan fingerprint density at radius 3 is 2.74 bits per heavy atom. The van der Waals surface area contributed by atoms with Gasteiger partial charge in [-0.15, -0.1) is 0 Å². The fourth-order valence-corrected chi connectivity index (χ4v) is 2.43. The molecule has 1 N–H and O–H groups in total. The van der Waals surface area contributed by atoms with Crippen LogP contribution in [0.3, 0.4) is 0 Å². The Bertz CT molecular complexity index is 468. The summed E-state index contributed by atoms with van der Waals surface area (Å²) in [4.78, 5) is 12.9. The second kappa shape index (κ2) is 5.56. The van der Waals surface area contributed by atoms with Crippen LogP contribution in [0, 0.1) is 10.1 Å². The summed E-state index contributed by atoms with van der Waals surface area (Å²) >= 11 is 0. The van der Waals surface area contributed by atoms with Crippen molar-refractivity contribution in [2.75, 3.05) is 18.1 Å². The lowest BCUT2D eigenvalue weighted by molar-refractivity contribution is -0.384. The normalized spacial score (nSPS) is 14.7. The van der Waals surface area contributed by atoms with Crippen LogP contribution in [0.2, 0.25) is 0 Å². The zero-order valence-electron chi connectivity index (χ0n) is 11.4. The molecule has 1 aliphatic rings. The van der Waals surface area contributed by atoms with Crippen LogP contribution in [0.25, 0.3) is 0 Å². The Morgan fingerprint density at radius 2 is 2.26 bits per heavy atom. The molecule has 1 aromatic heterocycles. The third-order valence-corrected chi connectivity index (χ3v) is 3.33. The number of anilines is 1. The highest BCUT2D eigenvalue weighted by Gasteiger charge is 2.37. The number of nitrogens with zero attached hydrogens (tertiary/aromatic N) is 4. The summed E-state index contributed by atoms with van der Waals surface area (Å²) in [6.45, 7) is 2.38. The smallest absolute Gasteiger partial charge is 0.334 e. The molecule has 0 amide bonds. The summed E-state index contributed by atoms with van der Waals surface area (Å²) in [7, 11) is 1.73. The fourth-order valence-electron chi connectivity index (χ4n) is 2.43. The number of hydrogen-bond donors (Lipinski definition) is 1. The zero-order chi connectivity index (χ0) is 14.0. The van der Waals surface area contributed by atoms with E-state index in [9.17, 15) is 10.1 Å². The maximum Gasteiger partial charge on any atom is 0.334 e. The van der Waals surface area contributed by atoms with Gasteiger partial charge in [0.05, 0.1) is 11.5 Å². The van der Waals surface area contributed by atoms with Crippen LogP contribution >= 0.6 is 0 Å². The third-order valence-electron chi connectivity index (χ3n) is 3.33. The highest BCUT2D eigenvalue weighted by atomic mass is 16.6. The molecule has 19 heavy (non-hydrogen) atoms. The van der Waals surface area contributed by atoms with Crippen LogP contribution in [0.5, 0.6) is 0 Å². The Morgan fingerprint density at radius 1 is 1.58 bits per heavy atom. The molecular formula is C12H20N4O3. The lowest BCUT2D eigenvalue weighted by atomic mass is 10.2. The van der Waals surface area contributed by atoms with Crippen molar-refractivity contribution < 1.29 is 10.0 Å². The number of aryl methyl sites for hydroxylation is 2. The summed E-state index contributed by atoms with van der Waals surface area (Å²) < 4.78 is 1.58. The van der Waals surface area contributed by atoms with Gasteiger partial charge in [-0.2, -0.15) is 5.10 Å². The molecule has 1 saturated carbocycles. The minimum atomic E-state index is -0.347. The largest absolute Gasteiger partial charge is 0.395 e. The number of rotatable bonds is 7. The van der Waals surface area contributed by atoms with Crippen LogP contribution in [-0.2, 0) is 13.5 Å². The monoisotopic (exact) mass is 268 g/mol. The second-order valence-corrected chi connectivity index (χ2v) is 4.90. The molecule has 0 spiro atoms. The van der Waals surface area contributed by atoms with Crippen molar-refractivity contribution in [2.45, 2.75) is 38.6 Å². The standard InChI is InChI=1S/C12H20N4O3/c1-3-4-10-11(16(18)19)12(14(2)13-10)15(7-8-17)9-5-6-9/h9,17H,3-8H2,1-2H3. The summed E-state index contributed by atoms with van der Waals surface area (Å²) in [6.07, 6.45) is 3.46. The highest BCUT2D eigenvalue weighted by molar-refractivity contribution is 5.62. The van der Waals surface area contributed by atoms with Gasteiger partial charge in [-0.05, 0) is 19.3 Å². The molecule has 1 aliphatic carbocycles. The first-order valence-corrected chi connectivity index (χ1v) is 6.67. The van der Waals surface area contributed by atoms with Gasteiger partial charge in [0.25, 0.3) is 0 Å². The van der Waals surface area contributed by atoms with E-state index in [0.717, 1.165) is 19.3 Å². The molecule has 0 unspecified atom stereocenters. The molecule has 1 aromatic rings. The molecule has 7 heteroatoms. The second-order valence-electron chi connectivity index (χ2n) is 4.90. The molecule has 7 nitrogen and oxygen atoms in total. The van der Waals surface area contributed by atoms with Crippen LogP contribution < -0.4 is 4.90 Å². The van der Waals surface area contributed by atoms with Crippen molar-refractivity contribution in [3.05, 3.63) is 15.8 Å². The molecule has 0 radical (unpaired) electrons. The van der Waals surface area contributed by atoms with Gasteiger partial charge in [-0.25, -0.2) is 4.68 Å². The van der Waals surface area contributed by atoms with E-state index in [1.54, 1.807) is 11.7 Å². The third kappa shape index (κ3) is 2.70. The quantitative estimate of drug-likeness (QED) is 0.594. The van der Waals surface area contributed by atoms with E-state index in [1.165, 1.54) is 0 Å². The minimum absolute atomic E-state index is 0.0120. The van der Waals surface area contributed by atoms with Gasteiger partial charge in [0, 0.05) is 19.6 Å². The molecule has 0 atom stereocenters. The summed E-state index contributed by atoms with van der Waals surface area (Å²) in [6, 6.07) is 0.302. The Kier molecular flexibility index (Phi) is 4.04. The topological polar surface area (TPSA) is 84.4 Å². The molecule has 0 aliphatic heterocycles. The summed E-state index contributed by atoms with van der Waals surface area (Å²) in [5.74, 6) is 0.532. The Labute approximate surface area is 112 Å². The first-order chi connectivity index (χ1) is 9.10. The number of aromatic nitrogens is 2. The van der Waals surface area contributed by atoms with Crippen LogP contribution in [0.4, 0.5) is 11.5 Å². The molecule has 0 bridgehead atoms. The van der Waals surface area contributed by atoms with Crippen molar-refractivity contribution in [3.8, 4) is 0 Å². The summed E-state index contributed by atoms with van der Waals surface area (Å²) in [5.41, 5.74) is 0.637. The first kappa shape index (κ1) is 13.8. The van der Waals surface area contributed by atoms with Gasteiger partial charge in [0.1, 0.15) is 5.69 Å². The van der Waals surface area contributed by atoms with Crippen molar-refractivity contribution >= 4 is 11.5 Å². The average molecular weight is 268 g/mol. The molecule has 0 saturated heterocycles. The Balaban J connectivity index is 2.44. The van der Waals surface area contributed by atoms with Gasteiger partial charge in [-0.3, -0.25) is 10.1 Å². The average Bonchev–Trinajstić information content (AvgIpc) is 3.12. The highest BCUT2D eigenvalue weighted by Crippen LogP contribution is 2.38. The van der Waals surface area contributed by atoms with E-state index in [-0.39, 0.29) is 17.2 Å². The molecule has 2 rings (SSSR count). The lowest BCUT2D eigenvalue weighted by Gasteiger charge is -2.22. The van der Waals surface area contributed by atoms with Gasteiger partial charge >= 0.3 is 5.69 Å². The molecule has 1 heterocycles. The van der Waals surface area contributed by atoms with Crippen LogP contribution in [0.15, 0.2) is 0 Å². The fraction of sp³-hybridized carbons (Fsp3) is 0.750. The van der Waals surface area contributed by atoms with E-state index in [0.29, 0.717) is 30.5 Å². The Hall–Kier alpha value is -1.63. The molecule has 0 aromatic carbocycles. The van der Waals surface area contributed by atoms with Crippen molar-refractivity contribution in [1.82, 2.24) is 9.78 Å². The minimum Gasteiger partial charge on any atom is -0.395 e. The maximum atomic E-state index is 11.3. The molecular weight excluding hydrogens is 248 g/mol. The number of aliphatic hydroxyl groups is 1. The SMILES string of the molecule is CCCc1nn(C)c(N(CCO)C2CC2)c1[N+](=O)[O-]. The van der Waals surface area contributed by atoms with Gasteiger partial charge in [-0.1, -0.05) is 13.3 Å². The number of hydrogen-bond acceptors (Lipinski definition) is 5. The van der Waals surface area contributed by atoms with E-state index in [1.807, 2.05) is 11.8 Å². The lowest BCUT2D eigenvalue weighted by Crippen LogP contribution is -2.31. The molecule has 106 valence electrons. The van der Waals surface area contributed by atoms with Gasteiger partial charge < -0.3 is 10.0 Å². The van der Waals surface area contributed by atoms with Gasteiger partial charge in [0.2, 0.25) is 5.82 Å². The number of nitro groups is 1. The van der Waals surface area contributed by atoms with E-state index < -0.39 is 0 Å². The predicted molar refractivity (Wildman–Crippen MR) is 71.3 cm³/mol. The van der Waals surface area contributed by atoms with Gasteiger partial charge in [0.15, 0.2) is 0 Å². The van der Waals surface area contributed by atoms with Crippen LogP contribution in [-0.4, -0.2) is 39.0 Å². The number of aliphatic hydroxyl groups excluding tert-OH is 1. The van der Waals surface area contributed by atoms with Crippen molar-refractivity contribution in [2.24, 2.45) is 7.05 Å². The van der Waals surface area contributed by atoms with Crippen molar-refractivity contribution in [1.29, 1.82) is 0 Å². The van der Waals surface area contributed by atoms with Crippen LogP contribution in [0.1, 0.15) is 31.9 Å². The van der Waals surface area contributed by atoms with E-state index in [4.69, 9.17) is 5.11 Å². The van der Waals surface area contributed by atoms with Crippen molar-refractivity contribution in [3.63, 3.8) is 0 Å². The molecule has 1 fully saturated rings. The van der Waals surface area contributed by atoms with E-state index >= 15 is 0 Å². The predicted octanol–water partition coefficient (Wildman–Crippen LogP) is 1.24. The summed E-state index contributed by atoms with van der Waals surface area (Å²) in [5, 5.41) is 24.8. The zero-order valence-corrected chi connectivity index (χ0v) is 11.4. The first-order valence-electron chi connectivity index (χ1n) is 6.67.